The summed E-state index contributed by atoms with van der Waals surface area (Å²) in [4.78, 5) is 94.9. The minimum atomic E-state index is -3.93. The lowest BCUT2D eigenvalue weighted by Crippen LogP contribution is -2.61. The Kier molecular flexibility index (Phi) is 16.5. The van der Waals surface area contributed by atoms with Crippen molar-refractivity contribution in [2.75, 3.05) is 46.2 Å². The molecule has 0 spiro atoms. The first-order valence-electron chi connectivity index (χ1n) is 17.4. The number of rotatable bonds is 19. The molecule has 2 heterocycles. The zero-order valence-corrected chi connectivity index (χ0v) is 32.9. The van der Waals surface area contributed by atoms with E-state index in [4.69, 9.17) is 5.73 Å². The number of aliphatic hydroxyl groups excluding tert-OH is 3. The topological polar surface area (TPSA) is 340 Å². The molecule has 1 aromatic carbocycles. The molecule has 1 fully saturated rings. The average Bonchev–Trinajstić information content (AvgIpc) is 3.66. The molecule has 1 aliphatic heterocycles. The molecular formula is C33H47N9O13S2. The molecule has 0 saturated carbocycles. The molecular weight excluding hydrogens is 795 g/mol. The number of carbonyl (C=O) groups is 7. The second kappa shape index (κ2) is 20.3. The monoisotopic (exact) mass is 841 g/mol. The van der Waals surface area contributed by atoms with E-state index >= 15 is 0 Å². The van der Waals surface area contributed by atoms with Crippen LogP contribution in [0.25, 0.3) is 10.9 Å². The molecule has 11 N–H and O–H groups in total. The van der Waals surface area contributed by atoms with Gasteiger partial charge in [0, 0.05) is 50.8 Å². The standard InChI is InChI=1S/C33H47N9O13S2/c1-16(46)35-19(11-17-6-7-18-26(57(54,55)41(2)3)9-8-25(47)27(18)36-17)33(53)42-10-4-5-24(42)32(52)39-22(14-45)30(50)40-23(15-56)31(51)38-21(13-44)29(49)37-20(12-43)28(34)48/h6-9,19-24,43-45,47,56H,4-5,10-15H2,1-3H3,(H2,34,48)(H,35,46)(H,37,49)(H,38,51)(H,39,52)(H,40,50)/t19-,20-,21-,22+,23-,24-/m0/s1. The second-order valence-electron chi connectivity index (χ2n) is 13.1. The number of nitrogens with zero attached hydrogens (tertiary/aromatic N) is 3. The van der Waals surface area contributed by atoms with Crippen LogP contribution in [0.4, 0.5) is 0 Å². The van der Waals surface area contributed by atoms with E-state index in [2.05, 4.69) is 38.9 Å². The summed E-state index contributed by atoms with van der Waals surface area (Å²) in [5.74, 6) is -7.08. The number of hydrogen-bond donors (Lipinski definition) is 11. The average molecular weight is 842 g/mol. The van der Waals surface area contributed by atoms with Crippen LogP contribution in [-0.4, -0.2) is 167 Å². The summed E-state index contributed by atoms with van der Waals surface area (Å²) in [5.41, 5.74) is 5.19. The number of pyridine rings is 1. The number of aliphatic hydroxyl groups is 3. The number of hydrogen-bond acceptors (Lipinski definition) is 15. The highest BCUT2D eigenvalue weighted by atomic mass is 32.2. The number of nitrogens with one attached hydrogen (secondary N) is 5. The fourth-order valence-electron chi connectivity index (χ4n) is 5.78. The molecule has 3 rings (SSSR count). The summed E-state index contributed by atoms with van der Waals surface area (Å²) >= 11 is 4.03. The largest absolute Gasteiger partial charge is 0.506 e. The smallest absolute Gasteiger partial charge is 0.246 e. The number of amides is 7. The van der Waals surface area contributed by atoms with Gasteiger partial charge in [-0.1, -0.05) is 0 Å². The molecule has 2 aromatic rings. The van der Waals surface area contributed by atoms with E-state index in [0.717, 1.165) is 4.31 Å². The van der Waals surface area contributed by atoms with Crippen LogP contribution in [0.1, 0.15) is 25.5 Å². The van der Waals surface area contributed by atoms with Crippen LogP contribution in [0.15, 0.2) is 29.2 Å². The maximum Gasteiger partial charge on any atom is 0.246 e. The third-order valence-electron chi connectivity index (χ3n) is 8.83. The Morgan fingerprint density at radius 2 is 1.42 bits per heavy atom. The highest BCUT2D eigenvalue weighted by molar-refractivity contribution is 7.89. The Morgan fingerprint density at radius 3 is 1.96 bits per heavy atom. The normalized spacial score (nSPS) is 16.8. The number of fused-ring (bicyclic) bond motifs is 1. The van der Waals surface area contributed by atoms with Crippen molar-refractivity contribution in [1.82, 2.24) is 40.8 Å². The van der Waals surface area contributed by atoms with Gasteiger partial charge in [-0.2, -0.15) is 12.6 Å². The molecule has 22 nitrogen and oxygen atoms in total. The van der Waals surface area contributed by atoms with Gasteiger partial charge in [0.1, 0.15) is 47.5 Å². The molecule has 57 heavy (non-hydrogen) atoms. The van der Waals surface area contributed by atoms with Gasteiger partial charge in [-0.05, 0) is 37.1 Å². The van der Waals surface area contributed by atoms with E-state index in [1.54, 1.807) is 0 Å². The Labute approximate surface area is 332 Å². The summed E-state index contributed by atoms with van der Waals surface area (Å²) in [6.07, 6.45) is 0.246. The van der Waals surface area contributed by atoms with Crippen molar-refractivity contribution < 1.29 is 62.4 Å². The van der Waals surface area contributed by atoms with Gasteiger partial charge in [0.2, 0.25) is 51.4 Å². The zero-order valence-electron chi connectivity index (χ0n) is 31.2. The Bertz CT molecular complexity index is 1970. The second-order valence-corrected chi connectivity index (χ2v) is 15.6. The number of aromatic hydroxyl groups is 1. The number of benzene rings is 1. The molecule has 1 aromatic heterocycles. The molecule has 0 unspecified atom stereocenters. The van der Waals surface area contributed by atoms with Crippen molar-refractivity contribution >= 4 is 74.9 Å². The molecule has 1 saturated heterocycles. The van der Waals surface area contributed by atoms with Gasteiger partial charge in [0.25, 0.3) is 0 Å². The number of aromatic nitrogens is 1. The summed E-state index contributed by atoms with van der Waals surface area (Å²) < 4.78 is 26.8. The van der Waals surface area contributed by atoms with Gasteiger partial charge >= 0.3 is 0 Å². The van der Waals surface area contributed by atoms with Crippen molar-refractivity contribution in [3.63, 3.8) is 0 Å². The number of primary amides is 1. The number of sulfonamides is 1. The lowest BCUT2D eigenvalue weighted by atomic mass is 10.1. The molecule has 1 aliphatic rings. The van der Waals surface area contributed by atoms with Gasteiger partial charge in [-0.3, -0.25) is 33.6 Å². The number of carbonyl (C=O) groups excluding carboxylic acids is 7. The van der Waals surface area contributed by atoms with Crippen molar-refractivity contribution in [2.24, 2.45) is 5.73 Å². The van der Waals surface area contributed by atoms with Crippen LogP contribution in [0, 0.1) is 0 Å². The van der Waals surface area contributed by atoms with Crippen LogP contribution < -0.4 is 32.3 Å². The highest BCUT2D eigenvalue weighted by Gasteiger charge is 2.39. The lowest BCUT2D eigenvalue weighted by molar-refractivity contribution is -0.142. The van der Waals surface area contributed by atoms with Crippen LogP contribution in [0.2, 0.25) is 0 Å². The van der Waals surface area contributed by atoms with Gasteiger partial charge < -0.3 is 57.6 Å². The summed E-state index contributed by atoms with van der Waals surface area (Å²) in [6.45, 7) is -1.53. The third-order valence-corrected chi connectivity index (χ3v) is 11.1. The van der Waals surface area contributed by atoms with Crippen LogP contribution in [-0.2, 0) is 50.0 Å². The number of likely N-dealkylation sites (tertiary alicyclic amines) is 1. The molecule has 24 heteroatoms. The van der Waals surface area contributed by atoms with Crippen LogP contribution in [0.5, 0.6) is 5.75 Å². The van der Waals surface area contributed by atoms with Gasteiger partial charge in [-0.15, -0.1) is 0 Å². The number of nitrogens with two attached hydrogens (primary N) is 1. The van der Waals surface area contributed by atoms with Gasteiger partial charge in [0.15, 0.2) is 0 Å². The lowest BCUT2D eigenvalue weighted by Gasteiger charge is -2.29. The predicted octanol–water partition coefficient (Wildman–Crippen LogP) is -5.44. The van der Waals surface area contributed by atoms with E-state index in [1.807, 2.05) is 5.32 Å². The Morgan fingerprint density at radius 1 is 0.860 bits per heavy atom. The first kappa shape index (κ1) is 46.2. The molecule has 0 radical (unpaired) electrons. The van der Waals surface area contributed by atoms with E-state index in [1.165, 1.54) is 50.2 Å². The van der Waals surface area contributed by atoms with Crippen molar-refractivity contribution in [3.05, 3.63) is 30.0 Å². The molecule has 0 aliphatic carbocycles. The predicted molar refractivity (Wildman–Crippen MR) is 202 cm³/mol. The van der Waals surface area contributed by atoms with Crippen molar-refractivity contribution in [3.8, 4) is 5.75 Å². The van der Waals surface area contributed by atoms with Gasteiger partial charge in [0.05, 0.1) is 24.7 Å². The fraction of sp³-hybridized carbons (Fsp3) is 0.515. The minimum absolute atomic E-state index is 0.0658. The first-order valence-corrected chi connectivity index (χ1v) is 19.4. The maximum atomic E-state index is 13.9. The van der Waals surface area contributed by atoms with E-state index in [9.17, 15) is 62.4 Å². The Balaban J connectivity index is 1.75. The van der Waals surface area contributed by atoms with E-state index < -0.39 is 107 Å². The minimum Gasteiger partial charge on any atom is -0.506 e. The Hall–Kier alpha value is -5.14. The number of phenolic OH excluding ortho intramolecular Hbond substituents is 1. The number of thiol groups is 1. The fourth-order valence-corrected chi connectivity index (χ4v) is 7.12. The quantitative estimate of drug-likeness (QED) is 0.0589. The summed E-state index contributed by atoms with van der Waals surface area (Å²) in [6, 6.07) is -3.47. The van der Waals surface area contributed by atoms with Crippen molar-refractivity contribution in [1.29, 1.82) is 0 Å². The van der Waals surface area contributed by atoms with Crippen molar-refractivity contribution in [2.45, 2.75) is 67.3 Å². The summed E-state index contributed by atoms with van der Waals surface area (Å²) in [5, 5.41) is 50.8. The molecule has 314 valence electrons. The van der Waals surface area contributed by atoms with E-state index in [0.29, 0.717) is 6.42 Å². The highest BCUT2D eigenvalue weighted by Crippen LogP contribution is 2.31. The first-order chi connectivity index (χ1) is 26.8. The molecule has 0 bridgehead atoms. The van der Waals surface area contributed by atoms with E-state index in [-0.39, 0.29) is 52.4 Å². The van der Waals surface area contributed by atoms with Crippen LogP contribution in [0.3, 0.4) is 0 Å². The maximum absolute atomic E-state index is 13.9. The third kappa shape index (κ3) is 11.5. The molecule has 6 atom stereocenters. The molecule has 7 amide bonds. The van der Waals surface area contributed by atoms with Gasteiger partial charge in [-0.25, -0.2) is 17.7 Å². The van der Waals surface area contributed by atoms with Crippen LogP contribution >= 0.6 is 12.6 Å². The SMILES string of the molecule is CC(=O)N[C@@H](Cc1ccc2c(S(=O)(=O)N(C)C)ccc(O)c2n1)C(=O)N1CCC[C@H]1C(=O)N[C@H](CO)C(=O)N[C@@H](CS)C(=O)N[C@@H](CO)C(=O)N[C@@H](CO)C(N)=O. The summed E-state index contributed by atoms with van der Waals surface area (Å²) in [7, 11) is -1.24. The number of phenols is 1. The zero-order chi connectivity index (χ0) is 42.8.